The molecule has 2 aromatic rings. The van der Waals surface area contributed by atoms with Crippen LogP contribution < -0.4 is 0 Å². The van der Waals surface area contributed by atoms with Crippen molar-refractivity contribution in [3.63, 3.8) is 0 Å². The fraction of sp³-hybridized carbons (Fsp3) is 0.588. The molecule has 0 radical (unpaired) electrons. The van der Waals surface area contributed by atoms with E-state index >= 15 is 0 Å². The molecular formula is C17H22N4O2. The van der Waals surface area contributed by atoms with Gasteiger partial charge in [-0.05, 0) is 31.4 Å². The first-order valence-corrected chi connectivity index (χ1v) is 8.40. The maximum Gasteiger partial charge on any atom is 0.222 e. The molecule has 2 aliphatic heterocycles. The standard InChI is InChI=1S/C17H22N4O2/c22-16-6-7-17(8-11-23-13-17)12-20(16)9-3-5-15-19-18-14-4-1-2-10-21(14)15/h1-2,4,10H,3,5-9,11-13H2/t17-/m0/s1. The quantitative estimate of drug-likeness (QED) is 0.862. The van der Waals surface area contributed by atoms with Crippen molar-refractivity contribution in [2.75, 3.05) is 26.3 Å². The van der Waals surface area contributed by atoms with Gasteiger partial charge in [0.1, 0.15) is 5.82 Å². The van der Waals surface area contributed by atoms with Crippen molar-refractivity contribution in [2.24, 2.45) is 5.41 Å². The number of hydrogen-bond donors (Lipinski definition) is 0. The maximum absolute atomic E-state index is 12.2. The Balaban J connectivity index is 1.37. The fourth-order valence-corrected chi connectivity index (χ4v) is 3.77. The number of piperidine rings is 1. The van der Waals surface area contributed by atoms with Crippen molar-refractivity contribution in [1.29, 1.82) is 0 Å². The van der Waals surface area contributed by atoms with Crippen LogP contribution in [0.5, 0.6) is 0 Å². The zero-order chi connectivity index (χ0) is 15.7. The molecule has 0 saturated carbocycles. The lowest BCUT2D eigenvalue weighted by Gasteiger charge is -2.39. The molecule has 1 atom stereocenters. The van der Waals surface area contributed by atoms with Gasteiger partial charge in [0.15, 0.2) is 5.65 Å². The minimum Gasteiger partial charge on any atom is -0.381 e. The number of fused-ring (bicyclic) bond motifs is 1. The molecule has 23 heavy (non-hydrogen) atoms. The largest absolute Gasteiger partial charge is 0.381 e. The van der Waals surface area contributed by atoms with Gasteiger partial charge in [-0.1, -0.05) is 6.07 Å². The Morgan fingerprint density at radius 2 is 2.22 bits per heavy atom. The predicted molar refractivity (Wildman–Crippen MR) is 85.0 cm³/mol. The Bertz CT molecular complexity index is 705. The zero-order valence-electron chi connectivity index (χ0n) is 13.3. The molecule has 122 valence electrons. The normalized spacial score (nSPS) is 24.9. The first kappa shape index (κ1) is 14.6. The minimum atomic E-state index is 0.218. The lowest BCUT2D eigenvalue weighted by atomic mass is 9.79. The number of amides is 1. The van der Waals surface area contributed by atoms with Crippen LogP contribution in [0.4, 0.5) is 0 Å². The van der Waals surface area contributed by atoms with Gasteiger partial charge in [-0.15, -0.1) is 10.2 Å². The molecule has 4 rings (SSSR count). The highest BCUT2D eigenvalue weighted by Gasteiger charge is 2.41. The average Bonchev–Trinajstić information content (AvgIpc) is 3.19. The fourth-order valence-electron chi connectivity index (χ4n) is 3.77. The number of rotatable bonds is 4. The summed E-state index contributed by atoms with van der Waals surface area (Å²) >= 11 is 0. The summed E-state index contributed by atoms with van der Waals surface area (Å²) in [6.07, 6.45) is 6.47. The Kier molecular flexibility index (Phi) is 3.77. The van der Waals surface area contributed by atoms with Crippen LogP contribution in [-0.2, 0) is 16.0 Å². The predicted octanol–water partition coefficient (Wildman–Crippen LogP) is 1.69. The molecule has 0 aromatic carbocycles. The highest BCUT2D eigenvalue weighted by molar-refractivity contribution is 5.77. The minimum absolute atomic E-state index is 0.218. The molecule has 6 nitrogen and oxygen atoms in total. The van der Waals surface area contributed by atoms with Crippen molar-refractivity contribution in [2.45, 2.75) is 32.1 Å². The van der Waals surface area contributed by atoms with Crippen LogP contribution in [-0.4, -0.2) is 51.7 Å². The number of likely N-dealkylation sites (tertiary alicyclic amines) is 1. The van der Waals surface area contributed by atoms with E-state index in [4.69, 9.17) is 4.74 Å². The van der Waals surface area contributed by atoms with Crippen molar-refractivity contribution < 1.29 is 9.53 Å². The van der Waals surface area contributed by atoms with E-state index in [9.17, 15) is 4.79 Å². The SMILES string of the molecule is O=C1CC[C@]2(CCOC2)CN1CCCc1nnc2ccccn12. The number of carbonyl (C=O) groups excluding carboxylic acids is 1. The summed E-state index contributed by atoms with van der Waals surface area (Å²) in [5.41, 5.74) is 1.09. The van der Waals surface area contributed by atoms with Gasteiger partial charge in [0.25, 0.3) is 0 Å². The van der Waals surface area contributed by atoms with Gasteiger partial charge >= 0.3 is 0 Å². The third-order valence-electron chi connectivity index (χ3n) is 5.15. The van der Waals surface area contributed by atoms with Crippen LogP contribution >= 0.6 is 0 Å². The van der Waals surface area contributed by atoms with E-state index in [-0.39, 0.29) is 11.3 Å². The number of carbonyl (C=O) groups is 1. The topological polar surface area (TPSA) is 59.7 Å². The van der Waals surface area contributed by atoms with Crippen LogP contribution in [0.3, 0.4) is 0 Å². The number of nitrogens with zero attached hydrogens (tertiary/aromatic N) is 4. The lowest BCUT2D eigenvalue weighted by molar-refractivity contribution is -0.137. The smallest absolute Gasteiger partial charge is 0.222 e. The molecule has 1 spiro atoms. The van der Waals surface area contributed by atoms with E-state index in [0.717, 1.165) is 63.5 Å². The first-order valence-electron chi connectivity index (χ1n) is 8.40. The number of aryl methyl sites for hydroxylation is 1. The van der Waals surface area contributed by atoms with Crippen molar-refractivity contribution in [3.8, 4) is 0 Å². The highest BCUT2D eigenvalue weighted by Crippen LogP contribution is 2.38. The first-order chi connectivity index (χ1) is 11.3. The Hall–Kier alpha value is -1.95. The highest BCUT2D eigenvalue weighted by atomic mass is 16.5. The van der Waals surface area contributed by atoms with E-state index < -0.39 is 0 Å². The summed E-state index contributed by atoms with van der Waals surface area (Å²) in [5, 5.41) is 8.43. The van der Waals surface area contributed by atoms with E-state index in [0.29, 0.717) is 6.42 Å². The van der Waals surface area contributed by atoms with Crippen LogP contribution in [0.25, 0.3) is 5.65 Å². The number of ether oxygens (including phenoxy) is 1. The van der Waals surface area contributed by atoms with E-state index in [1.54, 1.807) is 0 Å². The lowest BCUT2D eigenvalue weighted by Crippen LogP contribution is -2.47. The van der Waals surface area contributed by atoms with Gasteiger partial charge in [0.2, 0.25) is 5.91 Å². The molecule has 2 aliphatic rings. The zero-order valence-corrected chi connectivity index (χ0v) is 13.3. The molecule has 0 unspecified atom stereocenters. The Labute approximate surface area is 135 Å². The van der Waals surface area contributed by atoms with Crippen LogP contribution in [0, 0.1) is 5.41 Å². The van der Waals surface area contributed by atoms with Gasteiger partial charge < -0.3 is 9.64 Å². The second-order valence-electron chi connectivity index (χ2n) is 6.77. The van der Waals surface area contributed by atoms with E-state index in [1.165, 1.54) is 0 Å². The second kappa shape index (κ2) is 5.92. The van der Waals surface area contributed by atoms with Gasteiger partial charge in [-0.2, -0.15) is 0 Å². The maximum atomic E-state index is 12.2. The van der Waals surface area contributed by atoms with Gasteiger partial charge in [-0.25, -0.2) is 0 Å². The second-order valence-corrected chi connectivity index (χ2v) is 6.77. The molecule has 0 aliphatic carbocycles. The molecule has 2 saturated heterocycles. The van der Waals surface area contributed by atoms with E-state index in [2.05, 4.69) is 10.2 Å². The number of aromatic nitrogens is 3. The Morgan fingerprint density at radius 3 is 3.09 bits per heavy atom. The molecule has 0 N–H and O–H groups in total. The third kappa shape index (κ3) is 2.83. The van der Waals surface area contributed by atoms with Crippen LogP contribution in [0.2, 0.25) is 0 Å². The molecule has 2 fully saturated rings. The number of pyridine rings is 1. The summed E-state index contributed by atoms with van der Waals surface area (Å²) in [6.45, 7) is 3.30. The number of hydrogen-bond acceptors (Lipinski definition) is 4. The molecule has 6 heteroatoms. The summed E-state index contributed by atoms with van der Waals surface area (Å²) in [6, 6.07) is 5.90. The average molecular weight is 314 g/mol. The van der Waals surface area contributed by atoms with Gasteiger partial charge in [0.05, 0.1) is 6.61 Å². The third-order valence-corrected chi connectivity index (χ3v) is 5.15. The van der Waals surface area contributed by atoms with Crippen LogP contribution in [0.15, 0.2) is 24.4 Å². The van der Waals surface area contributed by atoms with Gasteiger partial charge in [-0.3, -0.25) is 9.20 Å². The summed E-state index contributed by atoms with van der Waals surface area (Å²) in [7, 11) is 0. The molecule has 1 amide bonds. The summed E-state index contributed by atoms with van der Waals surface area (Å²) in [4.78, 5) is 14.2. The molecule has 4 heterocycles. The summed E-state index contributed by atoms with van der Waals surface area (Å²) < 4.78 is 7.59. The molecule has 2 aromatic heterocycles. The van der Waals surface area contributed by atoms with Crippen molar-refractivity contribution in [1.82, 2.24) is 19.5 Å². The van der Waals surface area contributed by atoms with Crippen molar-refractivity contribution >= 4 is 11.6 Å². The Morgan fingerprint density at radius 1 is 1.26 bits per heavy atom. The monoisotopic (exact) mass is 314 g/mol. The molecule has 0 bridgehead atoms. The van der Waals surface area contributed by atoms with Gasteiger partial charge in [0, 0.05) is 44.1 Å². The summed E-state index contributed by atoms with van der Waals surface area (Å²) in [5.74, 6) is 1.25. The molecular weight excluding hydrogens is 292 g/mol. The van der Waals surface area contributed by atoms with E-state index in [1.807, 2.05) is 33.7 Å². The van der Waals surface area contributed by atoms with Crippen LogP contribution in [0.1, 0.15) is 31.5 Å². The van der Waals surface area contributed by atoms with Crippen molar-refractivity contribution in [3.05, 3.63) is 30.2 Å².